The molecule has 6 nitrogen and oxygen atoms in total. The van der Waals surface area contributed by atoms with Gasteiger partial charge in [0.25, 0.3) is 0 Å². The van der Waals surface area contributed by atoms with Crippen LogP contribution in [0.4, 0.5) is 10.1 Å². The molecule has 0 radical (unpaired) electrons. The average molecular weight is 440 g/mol. The van der Waals surface area contributed by atoms with Gasteiger partial charge in [0.05, 0.1) is 11.4 Å². The van der Waals surface area contributed by atoms with Crippen LogP contribution < -0.4 is 5.32 Å². The minimum Gasteiger partial charge on any atom is -0.323 e. The van der Waals surface area contributed by atoms with Gasteiger partial charge in [-0.05, 0) is 36.4 Å². The van der Waals surface area contributed by atoms with E-state index in [1.165, 1.54) is 23.9 Å². The van der Waals surface area contributed by atoms with E-state index in [-0.39, 0.29) is 22.6 Å². The van der Waals surface area contributed by atoms with E-state index in [1.807, 2.05) is 30.3 Å². The summed E-state index contributed by atoms with van der Waals surface area (Å²) in [5.41, 5.74) is 1.99. The first-order valence-electron chi connectivity index (χ1n) is 8.92. The highest BCUT2D eigenvalue weighted by molar-refractivity contribution is 7.99. The van der Waals surface area contributed by atoms with Gasteiger partial charge in [-0.3, -0.25) is 9.36 Å². The van der Waals surface area contributed by atoms with E-state index in [1.54, 1.807) is 35.0 Å². The molecule has 2 aromatic carbocycles. The Hall–Kier alpha value is -3.23. The van der Waals surface area contributed by atoms with Crippen LogP contribution in [0.3, 0.4) is 0 Å². The van der Waals surface area contributed by atoms with E-state index in [4.69, 9.17) is 11.6 Å². The molecule has 0 saturated heterocycles. The van der Waals surface area contributed by atoms with Crippen LogP contribution in [0.2, 0.25) is 5.15 Å². The Labute approximate surface area is 181 Å². The zero-order chi connectivity index (χ0) is 20.9. The summed E-state index contributed by atoms with van der Waals surface area (Å²) in [4.78, 5) is 16.3. The first-order chi connectivity index (χ1) is 14.6. The number of carbonyl (C=O) groups excluding carboxylic acids is 1. The number of benzene rings is 2. The molecule has 0 saturated carbocycles. The van der Waals surface area contributed by atoms with E-state index in [9.17, 15) is 9.18 Å². The van der Waals surface area contributed by atoms with Crippen molar-refractivity contribution >= 4 is 35.0 Å². The summed E-state index contributed by atoms with van der Waals surface area (Å²) in [5, 5.41) is 12.0. The summed E-state index contributed by atoms with van der Waals surface area (Å²) in [6, 6.07) is 18.9. The van der Waals surface area contributed by atoms with Gasteiger partial charge < -0.3 is 5.32 Å². The molecule has 0 unspecified atom stereocenters. The van der Waals surface area contributed by atoms with Gasteiger partial charge in [0.15, 0.2) is 16.1 Å². The van der Waals surface area contributed by atoms with Crippen molar-refractivity contribution in [2.24, 2.45) is 0 Å². The molecule has 0 aliphatic carbocycles. The Bertz CT molecular complexity index is 1170. The molecule has 1 amide bonds. The third-order valence-electron chi connectivity index (χ3n) is 4.12. The summed E-state index contributed by atoms with van der Waals surface area (Å²) in [7, 11) is 0. The number of thioether (sulfide) groups is 1. The van der Waals surface area contributed by atoms with Gasteiger partial charge in [-0.2, -0.15) is 0 Å². The molecule has 150 valence electrons. The molecule has 0 atom stereocenters. The van der Waals surface area contributed by atoms with Crippen LogP contribution in [-0.2, 0) is 4.79 Å². The number of pyridine rings is 1. The largest absolute Gasteiger partial charge is 0.323 e. The van der Waals surface area contributed by atoms with Gasteiger partial charge in [0.2, 0.25) is 5.91 Å². The molecule has 2 heterocycles. The quantitative estimate of drug-likeness (QED) is 0.343. The molecule has 1 N–H and O–H groups in total. The molecule has 0 fully saturated rings. The van der Waals surface area contributed by atoms with Crippen LogP contribution in [0.1, 0.15) is 0 Å². The van der Waals surface area contributed by atoms with E-state index >= 15 is 0 Å². The zero-order valence-electron chi connectivity index (χ0n) is 15.5. The lowest BCUT2D eigenvalue weighted by atomic mass is 10.2. The van der Waals surface area contributed by atoms with E-state index in [0.29, 0.717) is 22.4 Å². The highest BCUT2D eigenvalue weighted by Crippen LogP contribution is 2.28. The highest BCUT2D eigenvalue weighted by atomic mass is 35.5. The third-order valence-corrected chi connectivity index (χ3v) is 5.35. The van der Waals surface area contributed by atoms with Crippen molar-refractivity contribution < 1.29 is 9.18 Å². The molecule has 4 aromatic rings. The first kappa shape index (κ1) is 20.1. The summed E-state index contributed by atoms with van der Waals surface area (Å²) >= 11 is 7.20. The standard InChI is InChI=1S/C21H15ClFN5OS/c22-19-17(7-4-12-24-19)25-18(29)13-30-21-27-26-20(14-5-2-1-3-6-14)28(21)16-10-8-15(23)9-11-16/h1-12H,13H2,(H,25,29). The minimum atomic E-state index is -0.338. The molecule has 2 aromatic heterocycles. The molecular formula is C21H15ClFN5OS. The van der Waals surface area contributed by atoms with Crippen molar-refractivity contribution in [1.29, 1.82) is 0 Å². The van der Waals surface area contributed by atoms with E-state index < -0.39 is 0 Å². The van der Waals surface area contributed by atoms with Gasteiger partial charge in [0.1, 0.15) is 5.82 Å². The topological polar surface area (TPSA) is 72.7 Å². The summed E-state index contributed by atoms with van der Waals surface area (Å²) in [6.07, 6.45) is 1.54. The fourth-order valence-corrected chi connectivity index (χ4v) is 3.67. The summed E-state index contributed by atoms with van der Waals surface area (Å²) < 4.78 is 15.2. The Morgan fingerprint density at radius 2 is 1.80 bits per heavy atom. The number of hydrogen-bond donors (Lipinski definition) is 1. The normalized spacial score (nSPS) is 10.7. The molecule has 30 heavy (non-hydrogen) atoms. The molecular weight excluding hydrogens is 425 g/mol. The SMILES string of the molecule is O=C(CSc1nnc(-c2ccccc2)n1-c1ccc(F)cc1)Nc1cccnc1Cl. The van der Waals surface area contributed by atoms with Crippen molar-refractivity contribution in [2.75, 3.05) is 11.1 Å². The summed E-state index contributed by atoms with van der Waals surface area (Å²) in [5.74, 6) is 0.0829. The Morgan fingerprint density at radius 1 is 1.03 bits per heavy atom. The second-order valence-corrected chi connectivity index (χ2v) is 7.46. The lowest BCUT2D eigenvalue weighted by Gasteiger charge is -2.11. The average Bonchev–Trinajstić information content (AvgIpc) is 3.19. The lowest BCUT2D eigenvalue weighted by Crippen LogP contribution is -2.15. The van der Waals surface area contributed by atoms with Crippen LogP contribution >= 0.6 is 23.4 Å². The number of nitrogens with one attached hydrogen (secondary N) is 1. The number of rotatable bonds is 6. The smallest absolute Gasteiger partial charge is 0.234 e. The predicted molar refractivity (Wildman–Crippen MR) is 115 cm³/mol. The van der Waals surface area contributed by atoms with Crippen molar-refractivity contribution in [2.45, 2.75) is 5.16 Å². The number of carbonyl (C=O) groups is 1. The van der Waals surface area contributed by atoms with Gasteiger partial charge in [-0.25, -0.2) is 9.37 Å². The number of halogens is 2. The summed E-state index contributed by atoms with van der Waals surface area (Å²) in [6.45, 7) is 0. The first-order valence-corrected chi connectivity index (χ1v) is 10.3. The number of anilines is 1. The molecule has 0 aliphatic rings. The maximum atomic E-state index is 13.4. The molecule has 0 aliphatic heterocycles. The maximum Gasteiger partial charge on any atom is 0.234 e. The fourth-order valence-electron chi connectivity index (χ4n) is 2.76. The minimum absolute atomic E-state index is 0.0827. The molecule has 0 bridgehead atoms. The predicted octanol–water partition coefficient (Wildman–Crippen LogP) is 4.85. The Kier molecular flexibility index (Phi) is 6.06. The van der Waals surface area contributed by atoms with Crippen LogP contribution in [0.5, 0.6) is 0 Å². The molecule has 9 heteroatoms. The van der Waals surface area contributed by atoms with Gasteiger partial charge in [-0.15, -0.1) is 10.2 Å². The Balaban J connectivity index is 1.60. The maximum absolute atomic E-state index is 13.4. The van der Waals surface area contributed by atoms with Crippen LogP contribution in [0.25, 0.3) is 17.1 Å². The van der Waals surface area contributed by atoms with Crippen LogP contribution in [0.15, 0.2) is 78.1 Å². The Morgan fingerprint density at radius 3 is 2.53 bits per heavy atom. The second kappa shape index (κ2) is 9.06. The van der Waals surface area contributed by atoms with Gasteiger partial charge >= 0.3 is 0 Å². The van der Waals surface area contributed by atoms with E-state index in [2.05, 4.69) is 20.5 Å². The highest BCUT2D eigenvalue weighted by Gasteiger charge is 2.17. The number of hydrogen-bond acceptors (Lipinski definition) is 5. The van der Waals surface area contributed by atoms with Crippen LogP contribution in [-0.4, -0.2) is 31.4 Å². The zero-order valence-corrected chi connectivity index (χ0v) is 17.1. The lowest BCUT2D eigenvalue weighted by molar-refractivity contribution is -0.113. The van der Waals surface area contributed by atoms with Crippen molar-refractivity contribution in [3.8, 4) is 17.1 Å². The molecule has 0 spiro atoms. The van der Waals surface area contributed by atoms with Gasteiger partial charge in [-0.1, -0.05) is 53.7 Å². The number of nitrogens with zero attached hydrogens (tertiary/aromatic N) is 4. The fraction of sp³-hybridized carbons (Fsp3) is 0.0476. The number of aromatic nitrogens is 4. The van der Waals surface area contributed by atoms with Gasteiger partial charge in [0, 0.05) is 17.4 Å². The number of amides is 1. The molecule has 4 rings (SSSR count). The third kappa shape index (κ3) is 4.50. The monoisotopic (exact) mass is 439 g/mol. The van der Waals surface area contributed by atoms with Crippen molar-refractivity contribution in [3.05, 3.63) is 83.9 Å². The van der Waals surface area contributed by atoms with E-state index in [0.717, 1.165) is 5.56 Å². The van der Waals surface area contributed by atoms with Crippen molar-refractivity contribution in [1.82, 2.24) is 19.7 Å². The van der Waals surface area contributed by atoms with Crippen LogP contribution in [0, 0.1) is 5.82 Å². The second-order valence-electron chi connectivity index (χ2n) is 6.16. The van der Waals surface area contributed by atoms with Crippen molar-refractivity contribution in [3.63, 3.8) is 0 Å².